The highest BCUT2D eigenvalue weighted by Gasteiger charge is 2.09. The zero-order valence-corrected chi connectivity index (χ0v) is 9.33. The van der Waals surface area contributed by atoms with Crippen LogP contribution in [0.2, 0.25) is 0 Å². The van der Waals surface area contributed by atoms with Gasteiger partial charge in [0.2, 0.25) is 0 Å². The lowest BCUT2D eigenvalue weighted by molar-refractivity contribution is 0.198. The number of halogens is 1. The van der Waals surface area contributed by atoms with E-state index in [1.807, 2.05) is 0 Å². The van der Waals surface area contributed by atoms with Crippen LogP contribution in [0.15, 0.2) is 34.6 Å². The van der Waals surface area contributed by atoms with Crippen LogP contribution >= 0.6 is 11.8 Å². The van der Waals surface area contributed by atoms with Gasteiger partial charge in [0, 0.05) is 0 Å². The van der Waals surface area contributed by atoms with Crippen LogP contribution in [-0.2, 0) is 0 Å². The molecule has 1 heterocycles. The van der Waals surface area contributed by atoms with E-state index in [0.29, 0.717) is 15.6 Å². The fourth-order valence-corrected chi connectivity index (χ4v) is 1.91. The van der Waals surface area contributed by atoms with Crippen molar-refractivity contribution in [1.82, 2.24) is 15.2 Å². The summed E-state index contributed by atoms with van der Waals surface area (Å²) in [7, 11) is 0. The number of aliphatic hydroxyl groups excluding tert-OH is 1. The number of H-pyrrole nitrogens is 1. The lowest BCUT2D eigenvalue weighted by atomic mass is 10.1. The Balaban J connectivity index is 2.23. The molecule has 0 fully saturated rings. The lowest BCUT2D eigenvalue weighted by Gasteiger charge is -2.06. The molecule has 0 aliphatic heterocycles. The van der Waals surface area contributed by atoms with Crippen molar-refractivity contribution in [1.29, 1.82) is 0 Å². The highest BCUT2D eigenvalue weighted by molar-refractivity contribution is 7.99. The van der Waals surface area contributed by atoms with Gasteiger partial charge in [-0.2, -0.15) is 5.10 Å². The van der Waals surface area contributed by atoms with E-state index in [0.717, 1.165) is 11.8 Å². The maximum Gasteiger partial charge on any atom is 0.188 e. The van der Waals surface area contributed by atoms with Crippen LogP contribution in [0.4, 0.5) is 4.39 Å². The van der Waals surface area contributed by atoms with Crippen molar-refractivity contribution >= 4 is 11.8 Å². The van der Waals surface area contributed by atoms with E-state index in [1.165, 1.54) is 12.4 Å². The smallest absolute Gasteiger partial charge is 0.188 e. The monoisotopic (exact) mass is 239 g/mol. The summed E-state index contributed by atoms with van der Waals surface area (Å²) >= 11 is 1.16. The molecule has 6 heteroatoms. The summed E-state index contributed by atoms with van der Waals surface area (Å²) in [5, 5.41) is 16.1. The van der Waals surface area contributed by atoms with Crippen molar-refractivity contribution in [3.8, 4) is 0 Å². The van der Waals surface area contributed by atoms with Crippen LogP contribution in [0.25, 0.3) is 0 Å². The van der Waals surface area contributed by atoms with E-state index >= 15 is 0 Å². The molecular weight excluding hydrogens is 229 g/mol. The fourth-order valence-electron chi connectivity index (χ4n) is 1.21. The summed E-state index contributed by atoms with van der Waals surface area (Å²) in [6.07, 6.45) is 0.698. The summed E-state index contributed by atoms with van der Waals surface area (Å²) in [4.78, 5) is 4.34. The van der Waals surface area contributed by atoms with Crippen LogP contribution in [0, 0.1) is 5.82 Å². The van der Waals surface area contributed by atoms with E-state index in [4.69, 9.17) is 0 Å². The maximum atomic E-state index is 13.6. The third-order valence-corrected chi connectivity index (χ3v) is 2.98. The molecule has 2 rings (SSSR count). The van der Waals surface area contributed by atoms with E-state index in [-0.39, 0.29) is 5.82 Å². The molecule has 1 atom stereocenters. The number of rotatable bonds is 3. The first-order valence-electron chi connectivity index (χ1n) is 4.67. The second kappa shape index (κ2) is 4.63. The number of nitrogens with one attached hydrogen (secondary N) is 1. The molecule has 4 nitrogen and oxygen atoms in total. The van der Waals surface area contributed by atoms with Gasteiger partial charge in [-0.25, -0.2) is 9.37 Å². The molecule has 1 aromatic heterocycles. The second-order valence-corrected chi connectivity index (χ2v) is 4.29. The second-order valence-electron chi connectivity index (χ2n) is 3.26. The van der Waals surface area contributed by atoms with Gasteiger partial charge < -0.3 is 5.11 Å². The molecule has 16 heavy (non-hydrogen) atoms. The Labute approximate surface area is 95.9 Å². The Hall–Kier alpha value is -1.40. The molecule has 0 spiro atoms. The first-order valence-corrected chi connectivity index (χ1v) is 5.49. The van der Waals surface area contributed by atoms with Crippen LogP contribution in [-0.4, -0.2) is 20.3 Å². The predicted molar refractivity (Wildman–Crippen MR) is 57.5 cm³/mol. The van der Waals surface area contributed by atoms with E-state index in [9.17, 15) is 9.50 Å². The van der Waals surface area contributed by atoms with Crippen molar-refractivity contribution in [2.45, 2.75) is 23.1 Å². The molecule has 0 bridgehead atoms. The standard InChI is InChI=1S/C10H10FN3OS/c1-6(15)7-2-3-9(8(11)4-7)16-10-12-5-13-14-10/h2-6,15H,1H3,(H,12,13,14)/t6-/m0/s1. The van der Waals surface area contributed by atoms with E-state index in [1.54, 1.807) is 19.1 Å². The normalized spacial score (nSPS) is 12.7. The molecule has 0 amide bonds. The minimum atomic E-state index is -0.668. The van der Waals surface area contributed by atoms with Crippen molar-refractivity contribution in [3.63, 3.8) is 0 Å². The summed E-state index contributed by atoms with van der Waals surface area (Å²) < 4.78 is 13.6. The van der Waals surface area contributed by atoms with Gasteiger partial charge in [0.1, 0.15) is 12.1 Å². The quantitative estimate of drug-likeness (QED) is 0.861. The molecule has 0 saturated carbocycles. The minimum Gasteiger partial charge on any atom is -0.389 e. The van der Waals surface area contributed by atoms with Gasteiger partial charge >= 0.3 is 0 Å². The molecule has 2 aromatic rings. The van der Waals surface area contributed by atoms with Crippen molar-refractivity contribution in [2.24, 2.45) is 0 Å². The summed E-state index contributed by atoms with van der Waals surface area (Å²) in [6, 6.07) is 4.63. The number of aliphatic hydroxyl groups is 1. The van der Waals surface area contributed by atoms with Crippen LogP contribution in [0.5, 0.6) is 0 Å². The lowest BCUT2D eigenvalue weighted by Crippen LogP contribution is -1.93. The van der Waals surface area contributed by atoms with Crippen molar-refractivity contribution in [2.75, 3.05) is 0 Å². The average Bonchev–Trinajstić information content (AvgIpc) is 2.73. The first-order chi connectivity index (χ1) is 7.66. The van der Waals surface area contributed by atoms with Gasteiger partial charge in [0.05, 0.1) is 11.0 Å². The molecule has 0 saturated heterocycles. The zero-order valence-electron chi connectivity index (χ0n) is 8.51. The number of benzene rings is 1. The number of hydrogen-bond donors (Lipinski definition) is 2. The van der Waals surface area contributed by atoms with Gasteiger partial charge in [0.25, 0.3) is 0 Å². The Morgan fingerprint density at radius 2 is 2.31 bits per heavy atom. The fraction of sp³-hybridized carbons (Fsp3) is 0.200. The van der Waals surface area contributed by atoms with Gasteiger partial charge in [0.15, 0.2) is 5.16 Å². The highest BCUT2D eigenvalue weighted by Crippen LogP contribution is 2.28. The first kappa shape index (κ1) is 11.1. The zero-order chi connectivity index (χ0) is 11.5. The van der Waals surface area contributed by atoms with Crippen molar-refractivity contribution in [3.05, 3.63) is 35.9 Å². The van der Waals surface area contributed by atoms with Crippen molar-refractivity contribution < 1.29 is 9.50 Å². The molecule has 2 N–H and O–H groups in total. The van der Waals surface area contributed by atoms with E-state index in [2.05, 4.69) is 15.2 Å². The largest absolute Gasteiger partial charge is 0.389 e. The van der Waals surface area contributed by atoms with Gasteiger partial charge in [-0.15, -0.1) is 0 Å². The molecular formula is C10H10FN3OS. The Bertz CT molecular complexity index is 473. The Kier molecular flexibility index (Phi) is 3.21. The summed E-state index contributed by atoms with van der Waals surface area (Å²) in [6.45, 7) is 1.60. The SMILES string of the molecule is C[C@H](O)c1ccc(Sc2ncn[nH]2)c(F)c1. The average molecular weight is 239 g/mol. The third kappa shape index (κ3) is 2.40. The number of aromatic nitrogens is 3. The molecule has 0 radical (unpaired) electrons. The van der Waals surface area contributed by atoms with Gasteiger partial charge in [-0.05, 0) is 36.4 Å². The molecule has 0 unspecified atom stereocenters. The van der Waals surface area contributed by atoms with E-state index < -0.39 is 6.10 Å². The van der Waals surface area contributed by atoms with Gasteiger partial charge in [-0.1, -0.05) is 6.07 Å². The van der Waals surface area contributed by atoms with Crippen LogP contribution in [0.1, 0.15) is 18.6 Å². The molecule has 0 aliphatic carbocycles. The Morgan fingerprint density at radius 3 is 2.88 bits per heavy atom. The Morgan fingerprint density at radius 1 is 1.50 bits per heavy atom. The third-order valence-electron chi connectivity index (χ3n) is 2.04. The topological polar surface area (TPSA) is 61.8 Å². The number of aromatic amines is 1. The molecule has 84 valence electrons. The van der Waals surface area contributed by atoms with Crippen LogP contribution in [0.3, 0.4) is 0 Å². The summed E-state index contributed by atoms with van der Waals surface area (Å²) in [5.41, 5.74) is 0.555. The number of hydrogen-bond acceptors (Lipinski definition) is 4. The highest BCUT2D eigenvalue weighted by atomic mass is 32.2. The molecule has 1 aromatic carbocycles. The van der Waals surface area contributed by atoms with Gasteiger partial charge in [-0.3, -0.25) is 5.10 Å². The predicted octanol–water partition coefficient (Wildman–Crippen LogP) is 2.15. The maximum absolute atomic E-state index is 13.6. The summed E-state index contributed by atoms with van der Waals surface area (Å²) in [5.74, 6) is -0.375. The number of nitrogens with zero attached hydrogens (tertiary/aromatic N) is 2. The van der Waals surface area contributed by atoms with Crippen LogP contribution < -0.4 is 0 Å². The minimum absolute atomic E-state index is 0.375. The molecule has 0 aliphatic rings.